The quantitative estimate of drug-likeness (QED) is 0.502. The summed E-state index contributed by atoms with van der Waals surface area (Å²) in [5.41, 5.74) is 0.289. The molecule has 0 spiro atoms. The van der Waals surface area contributed by atoms with Crippen molar-refractivity contribution >= 4 is 7.60 Å². The van der Waals surface area contributed by atoms with Gasteiger partial charge in [-0.05, 0) is 18.2 Å². The zero-order valence-corrected chi connectivity index (χ0v) is 11.1. The van der Waals surface area contributed by atoms with Crippen molar-refractivity contribution in [2.45, 2.75) is 6.16 Å². The lowest BCUT2D eigenvalue weighted by atomic mass is 10.2. The smallest absolute Gasteiger partial charge is 0.330 e. The minimum atomic E-state index is -4.24. The number of hydrogen-bond acceptors (Lipinski definition) is 5. The predicted molar refractivity (Wildman–Crippen MR) is 67.4 cm³/mol. The molecule has 0 radical (unpaired) electrons. The fraction of sp³-hybridized carbons (Fsp3) is 0.455. The third kappa shape index (κ3) is 6.04. The molecular formula is C11H17O7P. The molecule has 7 nitrogen and oxygen atoms in total. The minimum Gasteiger partial charge on any atom is -0.491 e. The summed E-state index contributed by atoms with van der Waals surface area (Å²) in [5, 5.41) is 17.3. The van der Waals surface area contributed by atoms with Crippen LogP contribution in [0.1, 0.15) is 5.56 Å². The van der Waals surface area contributed by atoms with Gasteiger partial charge in [0.15, 0.2) is 0 Å². The maximum atomic E-state index is 11.1. The van der Waals surface area contributed by atoms with Crippen LogP contribution in [0.4, 0.5) is 0 Å². The van der Waals surface area contributed by atoms with Crippen molar-refractivity contribution in [3.8, 4) is 11.5 Å². The number of aliphatic hydroxyl groups is 2. The van der Waals surface area contributed by atoms with Crippen molar-refractivity contribution in [3.05, 3.63) is 23.8 Å². The SMILES string of the molecule is O=P(O)(O)Cc1cc(OCCO)ccc1OCCO. The largest absolute Gasteiger partial charge is 0.491 e. The Morgan fingerprint density at radius 3 is 2.26 bits per heavy atom. The summed E-state index contributed by atoms with van der Waals surface area (Å²) >= 11 is 0. The molecule has 0 bridgehead atoms. The maximum absolute atomic E-state index is 11.1. The van der Waals surface area contributed by atoms with Gasteiger partial charge in [-0.1, -0.05) is 0 Å². The first kappa shape index (κ1) is 15.9. The lowest BCUT2D eigenvalue weighted by Crippen LogP contribution is -2.06. The molecule has 0 aliphatic carbocycles. The summed E-state index contributed by atoms with van der Waals surface area (Å²) in [6.45, 7) is -0.230. The Labute approximate surface area is 110 Å². The Balaban J connectivity index is 2.93. The molecule has 0 saturated carbocycles. The fourth-order valence-corrected chi connectivity index (χ4v) is 2.14. The third-order valence-corrected chi connectivity index (χ3v) is 2.87. The van der Waals surface area contributed by atoms with Gasteiger partial charge in [0.25, 0.3) is 0 Å². The van der Waals surface area contributed by atoms with Crippen molar-refractivity contribution in [1.82, 2.24) is 0 Å². The van der Waals surface area contributed by atoms with E-state index in [1.165, 1.54) is 12.1 Å². The zero-order chi connectivity index (χ0) is 14.3. The number of ether oxygens (including phenoxy) is 2. The Kier molecular flexibility index (Phi) is 6.27. The number of hydrogen-bond donors (Lipinski definition) is 4. The molecule has 1 aromatic carbocycles. The van der Waals surface area contributed by atoms with E-state index in [2.05, 4.69) is 0 Å². The summed E-state index contributed by atoms with van der Waals surface area (Å²) < 4.78 is 21.4. The predicted octanol–water partition coefficient (Wildman–Crippen LogP) is 0.106. The van der Waals surface area contributed by atoms with E-state index < -0.39 is 13.8 Å². The van der Waals surface area contributed by atoms with Gasteiger partial charge < -0.3 is 29.5 Å². The van der Waals surface area contributed by atoms with Gasteiger partial charge in [-0.15, -0.1) is 0 Å². The highest BCUT2D eigenvalue weighted by molar-refractivity contribution is 7.50. The molecule has 1 rings (SSSR count). The van der Waals surface area contributed by atoms with E-state index in [0.29, 0.717) is 5.75 Å². The molecule has 0 aromatic heterocycles. The Bertz CT molecular complexity index is 443. The standard InChI is InChI=1S/C11H17O7P/c12-3-5-17-10-1-2-11(18-6-4-13)9(7-10)8-19(14,15)16/h1-2,7,12-13H,3-6,8H2,(H2,14,15,16). The van der Waals surface area contributed by atoms with E-state index in [1.807, 2.05) is 0 Å². The van der Waals surface area contributed by atoms with Crippen molar-refractivity contribution in [2.24, 2.45) is 0 Å². The van der Waals surface area contributed by atoms with Gasteiger partial charge in [-0.25, -0.2) is 0 Å². The summed E-state index contributed by atoms with van der Waals surface area (Å²) in [4.78, 5) is 18.0. The van der Waals surface area contributed by atoms with Gasteiger partial charge >= 0.3 is 7.60 Å². The molecule has 0 amide bonds. The first-order chi connectivity index (χ1) is 8.96. The van der Waals surface area contributed by atoms with Crippen LogP contribution in [-0.4, -0.2) is 46.4 Å². The van der Waals surface area contributed by atoms with Crippen LogP contribution in [0.3, 0.4) is 0 Å². The first-order valence-electron chi connectivity index (χ1n) is 5.61. The second-order valence-corrected chi connectivity index (χ2v) is 5.38. The summed E-state index contributed by atoms with van der Waals surface area (Å²) in [5.74, 6) is 0.669. The molecular weight excluding hydrogens is 275 g/mol. The highest BCUT2D eigenvalue weighted by Gasteiger charge is 2.18. The van der Waals surface area contributed by atoms with Gasteiger partial charge in [-0.3, -0.25) is 4.57 Å². The van der Waals surface area contributed by atoms with Crippen molar-refractivity contribution in [2.75, 3.05) is 26.4 Å². The topological polar surface area (TPSA) is 116 Å². The molecule has 1 aromatic rings. The van der Waals surface area contributed by atoms with Gasteiger partial charge in [0, 0.05) is 5.56 Å². The molecule has 4 N–H and O–H groups in total. The second-order valence-electron chi connectivity index (χ2n) is 3.74. The fourth-order valence-electron chi connectivity index (χ4n) is 1.45. The molecule has 108 valence electrons. The molecule has 8 heteroatoms. The van der Waals surface area contributed by atoms with Crippen molar-refractivity contribution in [3.63, 3.8) is 0 Å². The normalized spacial score (nSPS) is 11.4. The van der Waals surface area contributed by atoms with Crippen LogP contribution >= 0.6 is 7.60 Å². The van der Waals surface area contributed by atoms with Gasteiger partial charge in [-0.2, -0.15) is 0 Å². The maximum Gasteiger partial charge on any atom is 0.330 e. The van der Waals surface area contributed by atoms with E-state index in [4.69, 9.17) is 29.5 Å². The van der Waals surface area contributed by atoms with Gasteiger partial charge in [0.2, 0.25) is 0 Å². The van der Waals surface area contributed by atoms with Crippen LogP contribution in [0.2, 0.25) is 0 Å². The van der Waals surface area contributed by atoms with E-state index in [9.17, 15) is 4.57 Å². The highest BCUT2D eigenvalue weighted by Crippen LogP contribution is 2.42. The van der Waals surface area contributed by atoms with E-state index in [0.717, 1.165) is 0 Å². The van der Waals surface area contributed by atoms with Crippen LogP contribution in [-0.2, 0) is 10.7 Å². The van der Waals surface area contributed by atoms with Crippen LogP contribution < -0.4 is 9.47 Å². The second kappa shape index (κ2) is 7.47. The van der Waals surface area contributed by atoms with Crippen molar-refractivity contribution < 1.29 is 34.0 Å². The third-order valence-electron chi connectivity index (χ3n) is 2.12. The van der Waals surface area contributed by atoms with Crippen LogP contribution in [0.25, 0.3) is 0 Å². The van der Waals surface area contributed by atoms with Crippen LogP contribution in [0.5, 0.6) is 11.5 Å². The monoisotopic (exact) mass is 292 g/mol. The Morgan fingerprint density at radius 1 is 1.05 bits per heavy atom. The van der Waals surface area contributed by atoms with Crippen LogP contribution in [0, 0.1) is 0 Å². The lowest BCUT2D eigenvalue weighted by molar-refractivity contribution is 0.197. The van der Waals surface area contributed by atoms with Crippen molar-refractivity contribution in [1.29, 1.82) is 0 Å². The zero-order valence-electron chi connectivity index (χ0n) is 10.2. The average Bonchev–Trinajstić information content (AvgIpc) is 2.33. The molecule has 0 aliphatic rings. The Morgan fingerprint density at radius 2 is 1.68 bits per heavy atom. The van der Waals surface area contributed by atoms with E-state index in [1.54, 1.807) is 6.07 Å². The van der Waals surface area contributed by atoms with E-state index in [-0.39, 0.29) is 37.7 Å². The molecule has 0 aliphatic heterocycles. The summed E-state index contributed by atoms with van der Waals surface area (Å²) in [6, 6.07) is 4.51. The molecule has 0 heterocycles. The molecule has 0 saturated heterocycles. The minimum absolute atomic E-state index is 0.0327. The van der Waals surface area contributed by atoms with Gasteiger partial charge in [0.1, 0.15) is 24.7 Å². The molecule has 0 fully saturated rings. The Hall–Kier alpha value is -1.11. The molecule has 19 heavy (non-hydrogen) atoms. The first-order valence-corrected chi connectivity index (χ1v) is 7.41. The number of aliphatic hydroxyl groups excluding tert-OH is 2. The molecule has 0 atom stereocenters. The van der Waals surface area contributed by atoms with Crippen LogP contribution in [0.15, 0.2) is 18.2 Å². The van der Waals surface area contributed by atoms with E-state index >= 15 is 0 Å². The van der Waals surface area contributed by atoms with Gasteiger partial charge in [0.05, 0.1) is 19.4 Å². The summed E-state index contributed by atoms with van der Waals surface area (Å²) in [6.07, 6.45) is -0.482. The molecule has 0 unspecified atom stereocenters. The number of benzene rings is 1. The average molecular weight is 292 g/mol. The highest BCUT2D eigenvalue weighted by atomic mass is 31.2. The summed E-state index contributed by atoms with van der Waals surface area (Å²) in [7, 11) is -4.24. The number of rotatable bonds is 8. The lowest BCUT2D eigenvalue weighted by Gasteiger charge is -2.13.